The van der Waals surface area contributed by atoms with E-state index >= 15 is 0 Å². The highest BCUT2D eigenvalue weighted by Crippen LogP contribution is 2.10. The van der Waals surface area contributed by atoms with Crippen LogP contribution in [0.2, 0.25) is 0 Å². The third kappa shape index (κ3) is 1.68. The van der Waals surface area contributed by atoms with Gasteiger partial charge < -0.3 is 9.47 Å². The van der Waals surface area contributed by atoms with E-state index in [1.807, 2.05) is 18.2 Å². The first-order chi connectivity index (χ1) is 5.97. The summed E-state index contributed by atoms with van der Waals surface area (Å²) in [6.45, 7) is 2.23. The van der Waals surface area contributed by atoms with Crippen LogP contribution in [-0.2, 0) is 9.47 Å². The summed E-state index contributed by atoms with van der Waals surface area (Å²) in [6, 6.07) is 0.181. The maximum Gasteiger partial charge on any atom is 0.135 e. The van der Waals surface area contributed by atoms with Crippen LogP contribution in [0.4, 0.5) is 0 Å². The van der Waals surface area contributed by atoms with Crippen molar-refractivity contribution in [3.63, 3.8) is 0 Å². The molecule has 0 aliphatic carbocycles. The molecule has 3 heteroatoms. The Morgan fingerprint density at radius 2 is 2.33 bits per heavy atom. The highest BCUT2D eigenvalue weighted by Gasteiger charge is 2.24. The molecule has 0 aromatic rings. The smallest absolute Gasteiger partial charge is 0.135 e. The molecule has 2 aliphatic rings. The predicted octanol–water partition coefficient (Wildman–Crippen LogP) is 0.458. The number of hydrogen-bond donors (Lipinski definition) is 0. The molecule has 1 saturated heterocycles. The summed E-state index contributed by atoms with van der Waals surface area (Å²) in [5, 5.41) is 4.42. The maximum atomic E-state index is 5.38. The Morgan fingerprint density at radius 3 is 3.00 bits per heavy atom. The molecule has 2 heterocycles. The van der Waals surface area contributed by atoms with Crippen molar-refractivity contribution < 1.29 is 9.47 Å². The molecule has 2 aliphatic heterocycles. The second-order valence-electron chi connectivity index (χ2n) is 2.86. The van der Waals surface area contributed by atoms with Gasteiger partial charge in [-0.05, 0) is 12.2 Å². The molecule has 0 aromatic heterocycles. The molecular formula is C9H12NO2. The maximum absolute atomic E-state index is 5.38. The number of hydrogen-bond acceptors (Lipinski definition) is 2. The van der Waals surface area contributed by atoms with Gasteiger partial charge in [-0.15, -0.1) is 0 Å². The predicted molar refractivity (Wildman–Crippen MR) is 44.8 cm³/mol. The van der Waals surface area contributed by atoms with E-state index in [9.17, 15) is 0 Å². The number of nitrogens with zero attached hydrogens (tertiary/aromatic N) is 1. The van der Waals surface area contributed by atoms with Gasteiger partial charge >= 0.3 is 0 Å². The van der Waals surface area contributed by atoms with Crippen LogP contribution in [-0.4, -0.2) is 31.9 Å². The Kier molecular flexibility index (Phi) is 2.44. The first-order valence-corrected chi connectivity index (χ1v) is 4.20. The summed E-state index contributed by atoms with van der Waals surface area (Å²) >= 11 is 0. The van der Waals surface area contributed by atoms with Crippen LogP contribution >= 0.6 is 0 Å². The Bertz CT molecular complexity index is 195. The van der Waals surface area contributed by atoms with Crippen LogP contribution < -0.4 is 5.32 Å². The Labute approximate surface area is 72.0 Å². The Hall–Kier alpha value is -0.800. The lowest BCUT2D eigenvalue weighted by Crippen LogP contribution is -2.44. The van der Waals surface area contributed by atoms with Crippen molar-refractivity contribution in [2.45, 2.75) is 12.1 Å². The minimum atomic E-state index is 0.0790. The minimum absolute atomic E-state index is 0.0790. The molecule has 2 atom stereocenters. The van der Waals surface area contributed by atoms with Crippen molar-refractivity contribution >= 4 is 0 Å². The lowest BCUT2D eigenvalue weighted by molar-refractivity contribution is 0.0256. The SMILES string of the molecule is C1=COC(C2COCC[N]2)C=C1. The number of ether oxygens (including phenoxy) is 2. The summed E-state index contributed by atoms with van der Waals surface area (Å²) in [6.07, 6.45) is 7.66. The molecule has 0 amide bonds. The molecule has 12 heavy (non-hydrogen) atoms. The van der Waals surface area contributed by atoms with Gasteiger partial charge in [-0.2, -0.15) is 0 Å². The van der Waals surface area contributed by atoms with Gasteiger partial charge in [0.25, 0.3) is 0 Å². The molecule has 2 rings (SSSR count). The summed E-state index contributed by atoms with van der Waals surface area (Å²) in [5.41, 5.74) is 0. The van der Waals surface area contributed by atoms with E-state index in [4.69, 9.17) is 9.47 Å². The van der Waals surface area contributed by atoms with Crippen molar-refractivity contribution in [2.24, 2.45) is 0 Å². The fraction of sp³-hybridized carbons (Fsp3) is 0.556. The number of allylic oxidation sites excluding steroid dienone is 2. The van der Waals surface area contributed by atoms with Crippen molar-refractivity contribution in [2.75, 3.05) is 19.8 Å². The summed E-state index contributed by atoms with van der Waals surface area (Å²) in [5.74, 6) is 0. The van der Waals surface area contributed by atoms with E-state index in [2.05, 4.69) is 5.32 Å². The van der Waals surface area contributed by atoms with E-state index in [0.29, 0.717) is 6.61 Å². The average molecular weight is 166 g/mol. The summed E-state index contributed by atoms with van der Waals surface area (Å²) < 4.78 is 10.7. The van der Waals surface area contributed by atoms with Crippen LogP contribution in [0, 0.1) is 0 Å². The normalized spacial score (nSPS) is 34.7. The van der Waals surface area contributed by atoms with Crippen LogP contribution in [0.1, 0.15) is 0 Å². The molecule has 0 spiro atoms. The highest BCUT2D eigenvalue weighted by atomic mass is 16.5. The monoisotopic (exact) mass is 166 g/mol. The zero-order valence-corrected chi connectivity index (χ0v) is 6.85. The molecule has 0 N–H and O–H groups in total. The number of morpholine rings is 1. The topological polar surface area (TPSA) is 32.6 Å². The summed E-state index contributed by atoms with van der Waals surface area (Å²) in [4.78, 5) is 0. The first kappa shape index (κ1) is 7.83. The van der Waals surface area contributed by atoms with Gasteiger partial charge in [-0.25, -0.2) is 5.32 Å². The van der Waals surface area contributed by atoms with Crippen LogP contribution in [0.5, 0.6) is 0 Å². The lowest BCUT2D eigenvalue weighted by Gasteiger charge is -2.28. The molecule has 0 saturated carbocycles. The second kappa shape index (κ2) is 3.74. The third-order valence-corrected chi connectivity index (χ3v) is 1.99. The third-order valence-electron chi connectivity index (χ3n) is 1.99. The Balaban J connectivity index is 1.90. The molecule has 2 unspecified atom stereocenters. The first-order valence-electron chi connectivity index (χ1n) is 4.20. The van der Waals surface area contributed by atoms with Crippen LogP contribution in [0.3, 0.4) is 0 Å². The molecule has 1 radical (unpaired) electrons. The highest BCUT2D eigenvalue weighted by molar-refractivity contribution is 5.10. The van der Waals surface area contributed by atoms with E-state index in [0.717, 1.165) is 13.2 Å². The van der Waals surface area contributed by atoms with Crippen LogP contribution in [0.25, 0.3) is 0 Å². The van der Waals surface area contributed by atoms with Gasteiger partial charge in [-0.1, -0.05) is 6.08 Å². The van der Waals surface area contributed by atoms with E-state index in [1.54, 1.807) is 6.26 Å². The van der Waals surface area contributed by atoms with Crippen molar-refractivity contribution in [1.29, 1.82) is 0 Å². The molecular weight excluding hydrogens is 154 g/mol. The average Bonchev–Trinajstić information content (AvgIpc) is 2.21. The zero-order valence-electron chi connectivity index (χ0n) is 6.85. The van der Waals surface area contributed by atoms with Gasteiger partial charge in [0.1, 0.15) is 6.10 Å². The molecule has 65 valence electrons. The molecule has 3 nitrogen and oxygen atoms in total. The van der Waals surface area contributed by atoms with E-state index in [1.165, 1.54) is 0 Å². The largest absolute Gasteiger partial charge is 0.492 e. The van der Waals surface area contributed by atoms with Gasteiger partial charge in [0, 0.05) is 6.54 Å². The van der Waals surface area contributed by atoms with Gasteiger partial charge in [0.2, 0.25) is 0 Å². The van der Waals surface area contributed by atoms with Gasteiger partial charge in [0.05, 0.1) is 25.5 Å². The molecule has 0 bridgehead atoms. The fourth-order valence-electron chi connectivity index (χ4n) is 1.36. The Morgan fingerprint density at radius 1 is 1.33 bits per heavy atom. The second-order valence-corrected chi connectivity index (χ2v) is 2.86. The lowest BCUT2D eigenvalue weighted by atomic mass is 10.1. The van der Waals surface area contributed by atoms with E-state index in [-0.39, 0.29) is 12.1 Å². The van der Waals surface area contributed by atoms with Gasteiger partial charge in [0.15, 0.2) is 0 Å². The van der Waals surface area contributed by atoms with Crippen molar-refractivity contribution in [1.82, 2.24) is 5.32 Å². The quantitative estimate of drug-likeness (QED) is 0.567. The van der Waals surface area contributed by atoms with Gasteiger partial charge in [-0.3, -0.25) is 0 Å². The fourth-order valence-corrected chi connectivity index (χ4v) is 1.36. The van der Waals surface area contributed by atoms with Crippen molar-refractivity contribution in [3.8, 4) is 0 Å². The molecule has 0 aromatic carbocycles. The standard InChI is InChI=1S/C9H12NO2/c1-2-5-12-9(3-1)8-7-11-6-4-10-8/h1-3,5,8-9H,4,6-7H2. The van der Waals surface area contributed by atoms with Crippen molar-refractivity contribution in [3.05, 3.63) is 24.5 Å². The summed E-state index contributed by atoms with van der Waals surface area (Å²) in [7, 11) is 0. The van der Waals surface area contributed by atoms with E-state index < -0.39 is 0 Å². The molecule has 1 fully saturated rings. The minimum Gasteiger partial charge on any atom is -0.492 e. The van der Waals surface area contributed by atoms with Crippen LogP contribution in [0.15, 0.2) is 24.5 Å². The zero-order chi connectivity index (χ0) is 8.23. The number of rotatable bonds is 1.